The lowest BCUT2D eigenvalue weighted by Gasteiger charge is -2.39. The maximum Gasteiger partial charge on any atom is 0.255 e. The van der Waals surface area contributed by atoms with Crippen LogP contribution in [0.4, 0.5) is 0 Å². The fraction of sp³-hybridized carbons (Fsp3) is 0.591. The molecule has 4 heterocycles. The van der Waals surface area contributed by atoms with Gasteiger partial charge in [-0.25, -0.2) is 0 Å². The molecule has 29 heavy (non-hydrogen) atoms. The van der Waals surface area contributed by atoms with Gasteiger partial charge >= 0.3 is 0 Å². The number of rotatable bonds is 4. The predicted octanol–water partition coefficient (Wildman–Crippen LogP) is 1.16. The third kappa shape index (κ3) is 3.16. The maximum atomic E-state index is 13.3. The molecule has 7 nitrogen and oxygen atoms in total. The van der Waals surface area contributed by atoms with Gasteiger partial charge in [-0.15, -0.1) is 0 Å². The van der Waals surface area contributed by atoms with Crippen molar-refractivity contribution in [2.45, 2.75) is 75.8 Å². The summed E-state index contributed by atoms with van der Waals surface area (Å²) in [4.78, 5) is 41.3. The van der Waals surface area contributed by atoms with Crippen LogP contribution in [0.2, 0.25) is 0 Å². The number of hydrogen-bond acceptors (Lipinski definition) is 5. The number of nitrogens with one attached hydrogen (secondary N) is 2. The van der Waals surface area contributed by atoms with E-state index >= 15 is 0 Å². The Morgan fingerprint density at radius 2 is 1.86 bits per heavy atom. The summed E-state index contributed by atoms with van der Waals surface area (Å²) in [5.41, 5.74) is 2.84. The zero-order valence-electron chi connectivity index (χ0n) is 16.8. The number of hydrogen-bond donors (Lipinski definition) is 2. The Kier molecular flexibility index (Phi) is 4.67. The highest BCUT2D eigenvalue weighted by atomic mass is 16.2. The molecule has 154 valence electrons. The minimum atomic E-state index is -0.553. The number of nitrogens with zero attached hydrogens (tertiary/aromatic N) is 2. The van der Waals surface area contributed by atoms with Crippen LogP contribution < -0.4 is 10.6 Å². The van der Waals surface area contributed by atoms with Gasteiger partial charge in [0.15, 0.2) is 0 Å². The SMILES string of the molecule is CNC1CC2CCC(C1)N2Cc1cccc2c1C(=O)N(C1CCC(=O)NC1=O)C2. The summed E-state index contributed by atoms with van der Waals surface area (Å²) >= 11 is 0. The quantitative estimate of drug-likeness (QED) is 0.747. The second kappa shape index (κ2) is 7.22. The van der Waals surface area contributed by atoms with Gasteiger partial charge in [-0.05, 0) is 50.3 Å². The minimum absolute atomic E-state index is 0.0671. The van der Waals surface area contributed by atoms with Crippen LogP contribution in [-0.4, -0.2) is 58.7 Å². The van der Waals surface area contributed by atoms with Gasteiger partial charge in [-0.1, -0.05) is 18.2 Å². The Morgan fingerprint density at radius 3 is 2.55 bits per heavy atom. The summed E-state index contributed by atoms with van der Waals surface area (Å²) in [6.07, 6.45) is 5.48. The molecular weight excluding hydrogens is 368 g/mol. The highest BCUT2D eigenvalue weighted by Gasteiger charge is 2.43. The van der Waals surface area contributed by atoms with Crippen molar-refractivity contribution in [2.75, 3.05) is 7.05 Å². The van der Waals surface area contributed by atoms with Crippen LogP contribution >= 0.6 is 0 Å². The molecule has 3 amide bonds. The van der Waals surface area contributed by atoms with Crippen molar-refractivity contribution < 1.29 is 14.4 Å². The minimum Gasteiger partial charge on any atom is -0.322 e. The standard InChI is InChI=1S/C22H28N4O3/c1-23-15-9-16-5-6-17(10-15)25(16)11-13-3-2-4-14-12-26(22(29)20(13)14)18-7-8-19(27)24-21(18)28/h2-4,15-18,23H,5-12H2,1H3,(H,24,27,28). The fourth-order valence-corrected chi connectivity index (χ4v) is 5.79. The topological polar surface area (TPSA) is 81.8 Å². The Morgan fingerprint density at radius 1 is 1.10 bits per heavy atom. The van der Waals surface area contributed by atoms with Crippen molar-refractivity contribution in [3.05, 3.63) is 34.9 Å². The molecule has 4 aliphatic rings. The number of piperidine rings is 2. The van der Waals surface area contributed by atoms with Crippen LogP contribution in [-0.2, 0) is 22.7 Å². The van der Waals surface area contributed by atoms with E-state index < -0.39 is 6.04 Å². The molecule has 4 aliphatic heterocycles. The summed E-state index contributed by atoms with van der Waals surface area (Å²) in [6, 6.07) is 7.27. The molecule has 3 atom stereocenters. The van der Waals surface area contributed by atoms with Crippen molar-refractivity contribution in [1.29, 1.82) is 0 Å². The molecule has 2 N–H and O–H groups in total. The molecule has 2 bridgehead atoms. The number of carbonyl (C=O) groups excluding carboxylic acids is 3. The van der Waals surface area contributed by atoms with Crippen LogP contribution in [0.15, 0.2) is 18.2 Å². The third-order valence-electron chi connectivity index (χ3n) is 7.28. The molecule has 0 aromatic heterocycles. The molecule has 3 saturated heterocycles. The molecule has 0 saturated carbocycles. The van der Waals surface area contributed by atoms with E-state index in [9.17, 15) is 14.4 Å². The lowest BCUT2D eigenvalue weighted by atomic mass is 9.95. The lowest BCUT2D eigenvalue weighted by molar-refractivity contribution is -0.136. The Balaban J connectivity index is 1.37. The summed E-state index contributed by atoms with van der Waals surface area (Å²) in [6.45, 7) is 1.24. The molecule has 1 aromatic rings. The predicted molar refractivity (Wildman–Crippen MR) is 107 cm³/mol. The Hall–Kier alpha value is -2.25. The number of fused-ring (bicyclic) bond motifs is 3. The number of benzene rings is 1. The van der Waals surface area contributed by atoms with Gasteiger partial charge in [-0.3, -0.25) is 24.6 Å². The van der Waals surface area contributed by atoms with Gasteiger partial charge in [0.2, 0.25) is 11.8 Å². The largest absolute Gasteiger partial charge is 0.322 e. The first-order valence-corrected chi connectivity index (χ1v) is 10.7. The first kappa shape index (κ1) is 18.8. The van der Waals surface area contributed by atoms with Crippen LogP contribution in [0.5, 0.6) is 0 Å². The van der Waals surface area contributed by atoms with Gasteiger partial charge in [0, 0.05) is 43.2 Å². The Labute approximate surface area is 170 Å². The van der Waals surface area contributed by atoms with E-state index in [1.165, 1.54) is 25.7 Å². The van der Waals surface area contributed by atoms with E-state index in [2.05, 4.69) is 21.6 Å². The van der Waals surface area contributed by atoms with Crippen molar-refractivity contribution in [2.24, 2.45) is 0 Å². The third-order valence-corrected chi connectivity index (χ3v) is 7.28. The van der Waals surface area contributed by atoms with Crippen LogP contribution in [0, 0.1) is 0 Å². The van der Waals surface area contributed by atoms with E-state index in [0.29, 0.717) is 31.1 Å². The summed E-state index contributed by atoms with van der Waals surface area (Å²) in [7, 11) is 2.05. The molecule has 0 aliphatic carbocycles. The maximum absolute atomic E-state index is 13.3. The van der Waals surface area contributed by atoms with Gasteiger partial charge in [-0.2, -0.15) is 0 Å². The molecule has 0 radical (unpaired) electrons. The number of imide groups is 1. The molecule has 3 fully saturated rings. The van der Waals surface area contributed by atoms with Crippen molar-refractivity contribution in [1.82, 2.24) is 20.4 Å². The normalized spacial score (nSPS) is 31.9. The average Bonchev–Trinajstić information content (AvgIpc) is 3.14. The first-order chi connectivity index (χ1) is 14.0. The van der Waals surface area contributed by atoms with Gasteiger partial charge in [0.25, 0.3) is 5.91 Å². The monoisotopic (exact) mass is 396 g/mol. The van der Waals surface area contributed by atoms with E-state index in [1.807, 2.05) is 19.2 Å². The van der Waals surface area contributed by atoms with Crippen molar-refractivity contribution >= 4 is 17.7 Å². The second-order valence-electron chi connectivity index (χ2n) is 8.87. The number of carbonyl (C=O) groups is 3. The van der Waals surface area contributed by atoms with Gasteiger partial charge < -0.3 is 10.2 Å². The zero-order valence-corrected chi connectivity index (χ0v) is 16.8. The van der Waals surface area contributed by atoms with Crippen LogP contribution in [0.3, 0.4) is 0 Å². The van der Waals surface area contributed by atoms with Gasteiger partial charge in [0.1, 0.15) is 6.04 Å². The zero-order chi connectivity index (χ0) is 20.1. The molecule has 5 rings (SSSR count). The molecule has 1 aromatic carbocycles. The van der Waals surface area contributed by atoms with Crippen molar-refractivity contribution in [3.63, 3.8) is 0 Å². The summed E-state index contributed by atoms with van der Waals surface area (Å²) in [5.74, 6) is -0.671. The first-order valence-electron chi connectivity index (χ1n) is 10.7. The van der Waals surface area contributed by atoms with E-state index in [1.54, 1.807) is 4.90 Å². The summed E-state index contributed by atoms with van der Waals surface area (Å²) < 4.78 is 0. The fourth-order valence-electron chi connectivity index (χ4n) is 5.79. The smallest absolute Gasteiger partial charge is 0.255 e. The van der Waals surface area contributed by atoms with E-state index in [-0.39, 0.29) is 24.1 Å². The molecule has 3 unspecified atom stereocenters. The highest BCUT2D eigenvalue weighted by Crippen LogP contribution is 2.38. The molecular formula is C22H28N4O3. The van der Waals surface area contributed by atoms with Crippen LogP contribution in [0.1, 0.15) is 60.0 Å². The number of amides is 3. The second-order valence-corrected chi connectivity index (χ2v) is 8.87. The van der Waals surface area contributed by atoms with Crippen molar-refractivity contribution in [3.8, 4) is 0 Å². The average molecular weight is 396 g/mol. The highest BCUT2D eigenvalue weighted by molar-refractivity contribution is 6.06. The van der Waals surface area contributed by atoms with Gasteiger partial charge in [0.05, 0.1) is 0 Å². The lowest BCUT2D eigenvalue weighted by Crippen LogP contribution is -2.52. The van der Waals surface area contributed by atoms with Crippen LogP contribution in [0.25, 0.3) is 0 Å². The van der Waals surface area contributed by atoms with E-state index in [0.717, 1.165) is 23.2 Å². The molecule has 7 heteroatoms. The molecule has 0 spiro atoms. The van der Waals surface area contributed by atoms with E-state index in [4.69, 9.17) is 0 Å². The Bertz CT molecular complexity index is 856. The summed E-state index contributed by atoms with van der Waals surface area (Å²) in [5, 5.41) is 5.82.